The van der Waals surface area contributed by atoms with Crippen molar-refractivity contribution in [3.8, 4) is 0 Å². The van der Waals surface area contributed by atoms with Crippen molar-refractivity contribution in [2.75, 3.05) is 11.1 Å². The Morgan fingerprint density at radius 3 is 2.35 bits per heavy atom. The second kappa shape index (κ2) is 7.71. The predicted octanol–water partition coefficient (Wildman–Crippen LogP) is 5.63. The number of benzene rings is 2. The van der Waals surface area contributed by atoms with Gasteiger partial charge < -0.3 is 5.32 Å². The molecule has 2 rings (SSSR count). The van der Waals surface area contributed by atoms with Crippen LogP contribution in [0.2, 0.25) is 0 Å². The Balaban J connectivity index is 1.91. The van der Waals surface area contributed by atoms with Crippen molar-refractivity contribution in [2.45, 2.75) is 38.0 Å². The number of hydrogen-bond acceptors (Lipinski definition) is 2. The van der Waals surface area contributed by atoms with E-state index < -0.39 is 0 Å². The van der Waals surface area contributed by atoms with Gasteiger partial charge in [0.25, 0.3) is 0 Å². The zero-order valence-electron chi connectivity index (χ0n) is 13.9. The maximum Gasteiger partial charge on any atom is 0.234 e. The van der Waals surface area contributed by atoms with Gasteiger partial charge in [0.1, 0.15) is 0 Å². The Kier molecular flexibility index (Phi) is 6.14. The van der Waals surface area contributed by atoms with E-state index in [2.05, 4.69) is 79.0 Å². The average Bonchev–Trinajstić information content (AvgIpc) is 2.47. The molecule has 2 aromatic rings. The van der Waals surface area contributed by atoms with Crippen molar-refractivity contribution < 1.29 is 4.79 Å². The topological polar surface area (TPSA) is 29.1 Å². The summed E-state index contributed by atoms with van der Waals surface area (Å²) in [6.45, 7) is 8.61. The molecule has 0 radical (unpaired) electrons. The molecule has 0 fully saturated rings. The molecule has 4 heteroatoms. The van der Waals surface area contributed by atoms with Crippen LogP contribution >= 0.6 is 34.4 Å². The summed E-state index contributed by atoms with van der Waals surface area (Å²) in [5, 5.41) is 2.98. The van der Waals surface area contributed by atoms with Gasteiger partial charge in [-0.25, -0.2) is 0 Å². The van der Waals surface area contributed by atoms with Crippen LogP contribution in [0.4, 0.5) is 5.69 Å². The van der Waals surface area contributed by atoms with Gasteiger partial charge in [0.05, 0.1) is 5.75 Å². The lowest BCUT2D eigenvalue weighted by Crippen LogP contribution is -2.15. The third kappa shape index (κ3) is 5.53. The lowest BCUT2D eigenvalue weighted by atomic mass is 9.87. The van der Waals surface area contributed by atoms with E-state index in [-0.39, 0.29) is 11.3 Å². The summed E-state index contributed by atoms with van der Waals surface area (Å²) in [6, 6.07) is 14.5. The molecule has 23 heavy (non-hydrogen) atoms. The van der Waals surface area contributed by atoms with Gasteiger partial charge in [-0.1, -0.05) is 32.9 Å². The molecule has 122 valence electrons. The minimum Gasteiger partial charge on any atom is -0.325 e. The molecule has 0 aliphatic carbocycles. The molecule has 0 unspecified atom stereocenters. The first kappa shape index (κ1) is 18.3. The molecule has 2 aromatic carbocycles. The molecule has 0 spiro atoms. The number of aryl methyl sites for hydroxylation is 1. The SMILES string of the molecule is Cc1cc(I)ccc1NC(=O)CSc1ccc(C(C)(C)C)cc1. The van der Waals surface area contributed by atoms with E-state index in [1.54, 1.807) is 11.8 Å². The minimum atomic E-state index is 0.0270. The Morgan fingerprint density at radius 1 is 1.13 bits per heavy atom. The molecule has 0 heterocycles. The van der Waals surface area contributed by atoms with Crippen LogP contribution < -0.4 is 5.32 Å². The Hall–Kier alpha value is -1.01. The Bertz CT molecular complexity index is 690. The van der Waals surface area contributed by atoms with Crippen molar-refractivity contribution >= 4 is 45.9 Å². The molecule has 0 aliphatic heterocycles. The predicted molar refractivity (Wildman–Crippen MR) is 108 cm³/mol. The summed E-state index contributed by atoms with van der Waals surface area (Å²) in [4.78, 5) is 13.2. The number of anilines is 1. The number of hydrogen-bond donors (Lipinski definition) is 1. The van der Waals surface area contributed by atoms with Crippen LogP contribution in [0.5, 0.6) is 0 Å². The van der Waals surface area contributed by atoms with E-state index in [4.69, 9.17) is 0 Å². The molecule has 1 amide bonds. The first-order chi connectivity index (χ1) is 10.8. The maximum atomic E-state index is 12.1. The molecule has 1 N–H and O–H groups in total. The molecule has 0 saturated heterocycles. The molecule has 2 nitrogen and oxygen atoms in total. The molecular formula is C19H22INOS. The van der Waals surface area contributed by atoms with E-state index in [0.29, 0.717) is 5.75 Å². The van der Waals surface area contributed by atoms with Crippen molar-refractivity contribution in [3.05, 3.63) is 57.2 Å². The highest BCUT2D eigenvalue weighted by atomic mass is 127. The molecular weight excluding hydrogens is 417 g/mol. The van der Waals surface area contributed by atoms with E-state index in [9.17, 15) is 4.79 Å². The van der Waals surface area contributed by atoms with E-state index in [1.807, 2.05) is 19.1 Å². The van der Waals surface area contributed by atoms with Gasteiger partial charge in [-0.15, -0.1) is 11.8 Å². The third-order valence-corrected chi connectivity index (χ3v) is 5.24. The van der Waals surface area contributed by atoms with Gasteiger partial charge in [0.15, 0.2) is 0 Å². The van der Waals surface area contributed by atoms with Crippen molar-refractivity contribution in [1.29, 1.82) is 0 Å². The Labute approximate surface area is 156 Å². The highest BCUT2D eigenvalue weighted by molar-refractivity contribution is 14.1. The maximum absolute atomic E-state index is 12.1. The van der Waals surface area contributed by atoms with Crippen LogP contribution in [0, 0.1) is 10.5 Å². The van der Waals surface area contributed by atoms with Crippen molar-refractivity contribution in [3.63, 3.8) is 0 Å². The van der Waals surface area contributed by atoms with E-state index in [0.717, 1.165) is 16.1 Å². The average molecular weight is 439 g/mol. The summed E-state index contributed by atoms with van der Waals surface area (Å²) < 4.78 is 1.17. The lowest BCUT2D eigenvalue weighted by molar-refractivity contribution is -0.113. The number of halogens is 1. The van der Waals surface area contributed by atoms with Crippen LogP contribution in [-0.2, 0) is 10.2 Å². The second-order valence-corrected chi connectivity index (χ2v) is 8.86. The van der Waals surface area contributed by atoms with Crippen LogP contribution in [0.3, 0.4) is 0 Å². The van der Waals surface area contributed by atoms with Gasteiger partial charge in [0.2, 0.25) is 5.91 Å². The Morgan fingerprint density at radius 2 is 1.78 bits per heavy atom. The zero-order valence-corrected chi connectivity index (χ0v) is 16.9. The minimum absolute atomic E-state index is 0.0270. The lowest BCUT2D eigenvalue weighted by Gasteiger charge is -2.19. The largest absolute Gasteiger partial charge is 0.325 e. The first-order valence-electron chi connectivity index (χ1n) is 7.55. The highest BCUT2D eigenvalue weighted by Gasteiger charge is 2.13. The second-order valence-electron chi connectivity index (χ2n) is 6.57. The fraction of sp³-hybridized carbons (Fsp3) is 0.316. The van der Waals surface area contributed by atoms with Crippen LogP contribution in [0.1, 0.15) is 31.9 Å². The number of amides is 1. The van der Waals surface area contributed by atoms with Crippen LogP contribution in [0.15, 0.2) is 47.4 Å². The van der Waals surface area contributed by atoms with Crippen LogP contribution in [-0.4, -0.2) is 11.7 Å². The summed E-state index contributed by atoms with van der Waals surface area (Å²) in [6.07, 6.45) is 0. The summed E-state index contributed by atoms with van der Waals surface area (Å²) in [5.74, 6) is 0.444. The molecule has 0 aliphatic rings. The van der Waals surface area contributed by atoms with E-state index >= 15 is 0 Å². The van der Waals surface area contributed by atoms with Gasteiger partial charge in [-0.3, -0.25) is 4.79 Å². The monoisotopic (exact) mass is 439 g/mol. The fourth-order valence-electron chi connectivity index (χ4n) is 2.15. The zero-order chi connectivity index (χ0) is 17.0. The van der Waals surface area contributed by atoms with E-state index in [1.165, 1.54) is 9.13 Å². The number of carbonyl (C=O) groups excluding carboxylic acids is 1. The standard InChI is InChI=1S/C19H22INOS/c1-13-11-15(20)7-10-17(13)21-18(22)12-23-16-8-5-14(6-9-16)19(2,3)4/h5-11H,12H2,1-4H3,(H,21,22). The normalized spacial score (nSPS) is 11.3. The van der Waals surface area contributed by atoms with Crippen molar-refractivity contribution in [2.24, 2.45) is 0 Å². The first-order valence-corrected chi connectivity index (χ1v) is 9.61. The summed E-state index contributed by atoms with van der Waals surface area (Å²) in [7, 11) is 0. The number of nitrogens with one attached hydrogen (secondary N) is 1. The third-order valence-electron chi connectivity index (χ3n) is 3.55. The van der Waals surface area contributed by atoms with Gasteiger partial charge in [-0.05, 0) is 76.4 Å². The highest BCUT2D eigenvalue weighted by Crippen LogP contribution is 2.26. The quantitative estimate of drug-likeness (QED) is 0.495. The molecule has 0 bridgehead atoms. The molecule has 0 aromatic heterocycles. The smallest absolute Gasteiger partial charge is 0.234 e. The molecule has 0 atom stereocenters. The fourth-order valence-corrected chi connectivity index (χ4v) is 3.50. The van der Waals surface area contributed by atoms with Gasteiger partial charge in [-0.2, -0.15) is 0 Å². The number of rotatable bonds is 4. The van der Waals surface area contributed by atoms with Crippen molar-refractivity contribution in [1.82, 2.24) is 0 Å². The van der Waals surface area contributed by atoms with Gasteiger partial charge >= 0.3 is 0 Å². The number of carbonyl (C=O) groups is 1. The summed E-state index contributed by atoms with van der Waals surface area (Å²) in [5.41, 5.74) is 3.44. The molecule has 0 saturated carbocycles. The summed E-state index contributed by atoms with van der Waals surface area (Å²) >= 11 is 3.83. The van der Waals surface area contributed by atoms with Crippen LogP contribution in [0.25, 0.3) is 0 Å². The van der Waals surface area contributed by atoms with Gasteiger partial charge in [0, 0.05) is 14.2 Å². The number of thioether (sulfide) groups is 1.